The van der Waals surface area contributed by atoms with Gasteiger partial charge in [-0.15, -0.1) is 0 Å². The fourth-order valence-corrected chi connectivity index (χ4v) is 2.70. The number of hydrogen-bond donors (Lipinski definition) is 1. The maximum Gasteiger partial charge on any atom is 0.422 e. The summed E-state index contributed by atoms with van der Waals surface area (Å²) in [5.74, 6) is -0.0341. The number of oxazole rings is 1. The third-order valence-electron chi connectivity index (χ3n) is 3.98. The quantitative estimate of drug-likeness (QED) is 0.700. The molecule has 3 aromatic rings. The van der Waals surface area contributed by atoms with Crippen molar-refractivity contribution in [2.45, 2.75) is 33.0 Å². The highest BCUT2D eigenvalue weighted by molar-refractivity contribution is 6.04. The van der Waals surface area contributed by atoms with E-state index in [-0.39, 0.29) is 11.8 Å². The van der Waals surface area contributed by atoms with E-state index in [9.17, 15) is 18.0 Å². The maximum absolute atomic E-state index is 12.7. The minimum absolute atomic E-state index is 0.142. The van der Waals surface area contributed by atoms with E-state index in [1.165, 1.54) is 12.3 Å². The monoisotopic (exact) mass is 393 g/mol. The summed E-state index contributed by atoms with van der Waals surface area (Å²) in [7, 11) is 0. The van der Waals surface area contributed by atoms with Crippen LogP contribution < -0.4 is 10.1 Å². The van der Waals surface area contributed by atoms with Crippen molar-refractivity contribution >= 4 is 17.0 Å². The Morgan fingerprint density at radius 1 is 1.29 bits per heavy atom. The van der Waals surface area contributed by atoms with Gasteiger partial charge in [-0.2, -0.15) is 13.2 Å². The van der Waals surface area contributed by atoms with E-state index in [4.69, 9.17) is 4.42 Å². The van der Waals surface area contributed by atoms with Crippen LogP contribution in [0.5, 0.6) is 5.88 Å². The van der Waals surface area contributed by atoms with Crippen molar-refractivity contribution in [3.63, 3.8) is 0 Å². The summed E-state index contributed by atoms with van der Waals surface area (Å²) in [6.45, 7) is 3.89. The molecule has 6 nitrogen and oxygen atoms in total. The van der Waals surface area contributed by atoms with Crippen LogP contribution in [0, 0.1) is 13.8 Å². The lowest BCUT2D eigenvalue weighted by atomic mass is 10.1. The Kier molecular flexibility index (Phi) is 5.26. The number of rotatable bonds is 5. The molecule has 0 aliphatic rings. The SMILES string of the molecule is Cc1cc(C(=O)NC(C)c2ccc(OCC(F)(F)F)nc2)c2oc(C)nc2c1. The lowest BCUT2D eigenvalue weighted by Gasteiger charge is -2.15. The number of carbonyl (C=O) groups excluding carboxylic acids is 1. The summed E-state index contributed by atoms with van der Waals surface area (Å²) in [5.41, 5.74) is 2.85. The van der Waals surface area contributed by atoms with Gasteiger partial charge in [0.2, 0.25) is 5.88 Å². The van der Waals surface area contributed by atoms with Crippen LogP contribution in [0.1, 0.15) is 40.3 Å². The molecule has 9 heteroatoms. The second-order valence-corrected chi connectivity index (χ2v) is 6.42. The first kappa shape index (κ1) is 19.7. The molecule has 1 atom stereocenters. The number of nitrogens with zero attached hydrogens (tertiary/aromatic N) is 2. The molecule has 1 unspecified atom stereocenters. The number of fused-ring (bicyclic) bond motifs is 1. The molecule has 2 heterocycles. The summed E-state index contributed by atoms with van der Waals surface area (Å²) in [5, 5.41) is 2.83. The summed E-state index contributed by atoms with van der Waals surface area (Å²) < 4.78 is 46.7. The van der Waals surface area contributed by atoms with Gasteiger partial charge in [0.05, 0.1) is 11.6 Å². The average molecular weight is 393 g/mol. The molecular formula is C19H18F3N3O3. The predicted molar refractivity (Wildman–Crippen MR) is 95.2 cm³/mol. The van der Waals surface area contributed by atoms with E-state index < -0.39 is 18.8 Å². The molecule has 148 valence electrons. The zero-order chi connectivity index (χ0) is 20.5. The second-order valence-electron chi connectivity index (χ2n) is 6.42. The number of nitrogens with one attached hydrogen (secondary N) is 1. The van der Waals surface area contributed by atoms with Crippen molar-refractivity contribution in [2.24, 2.45) is 0 Å². The summed E-state index contributed by atoms with van der Waals surface area (Å²) in [6.07, 6.45) is -3.07. The molecule has 1 N–H and O–H groups in total. The number of hydrogen-bond acceptors (Lipinski definition) is 5. The topological polar surface area (TPSA) is 77.2 Å². The van der Waals surface area contributed by atoms with Crippen molar-refractivity contribution in [1.82, 2.24) is 15.3 Å². The number of benzene rings is 1. The first-order valence-corrected chi connectivity index (χ1v) is 8.46. The molecule has 0 saturated heterocycles. The number of pyridine rings is 1. The third-order valence-corrected chi connectivity index (χ3v) is 3.98. The van der Waals surface area contributed by atoms with Crippen molar-refractivity contribution < 1.29 is 27.1 Å². The van der Waals surface area contributed by atoms with Gasteiger partial charge < -0.3 is 14.5 Å². The molecule has 0 aliphatic heterocycles. The molecule has 3 rings (SSSR count). The van der Waals surface area contributed by atoms with Gasteiger partial charge in [0.1, 0.15) is 5.52 Å². The standard InChI is InChI=1S/C19H18F3N3O3/c1-10-6-14(17-15(7-10)25-12(3)28-17)18(26)24-11(2)13-4-5-16(23-8-13)27-9-19(20,21)22/h4-8,11H,9H2,1-3H3,(H,24,26). The number of ether oxygens (including phenoxy) is 1. The number of amides is 1. The van der Waals surface area contributed by atoms with Crippen LogP contribution in [0.4, 0.5) is 13.2 Å². The number of aromatic nitrogens is 2. The van der Waals surface area contributed by atoms with E-state index >= 15 is 0 Å². The molecule has 1 amide bonds. The zero-order valence-corrected chi connectivity index (χ0v) is 15.4. The van der Waals surface area contributed by atoms with Gasteiger partial charge in [-0.25, -0.2) is 9.97 Å². The summed E-state index contributed by atoms with van der Waals surface area (Å²) in [6, 6.07) is 5.98. The first-order valence-electron chi connectivity index (χ1n) is 8.46. The highest BCUT2D eigenvalue weighted by atomic mass is 19.4. The molecular weight excluding hydrogens is 375 g/mol. The Labute approximate surface area is 158 Å². The van der Waals surface area contributed by atoms with E-state index in [1.54, 1.807) is 26.0 Å². The van der Waals surface area contributed by atoms with Gasteiger partial charge in [-0.05, 0) is 37.1 Å². The molecule has 0 radical (unpaired) electrons. The molecule has 2 aromatic heterocycles. The van der Waals surface area contributed by atoms with Gasteiger partial charge in [0.25, 0.3) is 5.91 Å². The molecule has 0 fully saturated rings. The maximum atomic E-state index is 12.7. The average Bonchev–Trinajstić information content (AvgIpc) is 2.98. The normalized spacial score (nSPS) is 12.8. The third kappa shape index (κ3) is 4.59. The zero-order valence-electron chi connectivity index (χ0n) is 15.4. The second kappa shape index (κ2) is 7.49. The van der Waals surface area contributed by atoms with Crippen molar-refractivity contribution in [3.05, 3.63) is 53.0 Å². The van der Waals surface area contributed by atoms with Gasteiger partial charge >= 0.3 is 6.18 Å². The fourth-order valence-electron chi connectivity index (χ4n) is 2.70. The van der Waals surface area contributed by atoms with Crippen LogP contribution in [0.3, 0.4) is 0 Å². The Hall–Kier alpha value is -3.10. The van der Waals surface area contributed by atoms with Gasteiger partial charge in [-0.1, -0.05) is 6.07 Å². The van der Waals surface area contributed by atoms with Crippen molar-refractivity contribution in [2.75, 3.05) is 6.61 Å². The molecule has 0 bridgehead atoms. The van der Waals surface area contributed by atoms with E-state index in [2.05, 4.69) is 20.0 Å². The Morgan fingerprint density at radius 2 is 2.04 bits per heavy atom. The van der Waals surface area contributed by atoms with E-state index in [1.807, 2.05) is 13.0 Å². The Bertz CT molecular complexity index is 997. The molecule has 0 saturated carbocycles. The number of halogens is 3. The molecule has 0 aliphatic carbocycles. The lowest BCUT2D eigenvalue weighted by molar-refractivity contribution is -0.154. The number of aryl methyl sites for hydroxylation is 2. The number of alkyl halides is 3. The predicted octanol–water partition coefficient (Wildman–Crippen LogP) is 4.27. The van der Waals surface area contributed by atoms with Crippen molar-refractivity contribution in [1.29, 1.82) is 0 Å². The number of carbonyl (C=O) groups is 1. The van der Waals surface area contributed by atoms with Crippen LogP contribution in [0.15, 0.2) is 34.9 Å². The van der Waals surface area contributed by atoms with Crippen LogP contribution in [0.25, 0.3) is 11.1 Å². The Balaban J connectivity index is 1.72. The summed E-state index contributed by atoms with van der Waals surface area (Å²) in [4.78, 5) is 20.8. The van der Waals surface area contributed by atoms with E-state index in [0.29, 0.717) is 28.1 Å². The van der Waals surface area contributed by atoms with Gasteiger partial charge in [-0.3, -0.25) is 4.79 Å². The van der Waals surface area contributed by atoms with Crippen LogP contribution in [0.2, 0.25) is 0 Å². The van der Waals surface area contributed by atoms with Gasteiger partial charge in [0, 0.05) is 19.2 Å². The highest BCUT2D eigenvalue weighted by Crippen LogP contribution is 2.23. The minimum atomic E-state index is -4.43. The van der Waals surface area contributed by atoms with Crippen molar-refractivity contribution in [3.8, 4) is 5.88 Å². The summed E-state index contributed by atoms with van der Waals surface area (Å²) >= 11 is 0. The lowest BCUT2D eigenvalue weighted by Crippen LogP contribution is -2.27. The minimum Gasteiger partial charge on any atom is -0.468 e. The first-order chi connectivity index (χ1) is 13.1. The molecule has 0 spiro atoms. The molecule has 28 heavy (non-hydrogen) atoms. The van der Waals surface area contributed by atoms with Gasteiger partial charge in [0.15, 0.2) is 18.1 Å². The largest absolute Gasteiger partial charge is 0.468 e. The van der Waals surface area contributed by atoms with Crippen LogP contribution >= 0.6 is 0 Å². The smallest absolute Gasteiger partial charge is 0.422 e. The fraction of sp³-hybridized carbons (Fsp3) is 0.316. The molecule has 1 aromatic carbocycles. The Morgan fingerprint density at radius 3 is 2.68 bits per heavy atom. The highest BCUT2D eigenvalue weighted by Gasteiger charge is 2.28. The van der Waals surface area contributed by atoms with E-state index in [0.717, 1.165) is 5.56 Å². The van der Waals surface area contributed by atoms with Crippen LogP contribution in [-0.4, -0.2) is 28.7 Å². The van der Waals surface area contributed by atoms with Crippen LogP contribution in [-0.2, 0) is 0 Å².